The zero-order chi connectivity index (χ0) is 11.4. The molecule has 0 spiro atoms. The first-order valence-electron chi connectivity index (χ1n) is 5.57. The first-order chi connectivity index (χ1) is 7.75. The van der Waals surface area contributed by atoms with E-state index >= 15 is 0 Å². The molecule has 1 aromatic rings. The number of amides is 1. The second-order valence-electron chi connectivity index (χ2n) is 4.00. The lowest BCUT2D eigenvalue weighted by Crippen LogP contribution is -2.38. The molecule has 1 aromatic heterocycles. The Morgan fingerprint density at radius 2 is 2.12 bits per heavy atom. The van der Waals surface area contributed by atoms with Gasteiger partial charge in [0.15, 0.2) is 0 Å². The molecule has 0 unspecified atom stereocenters. The van der Waals surface area contributed by atoms with Crippen LogP contribution in [0.4, 0.5) is 0 Å². The number of likely N-dealkylation sites (tertiary alicyclic amines) is 1. The number of carbonyl (C=O) groups excluding carboxylic acids is 2. The van der Waals surface area contributed by atoms with Crippen LogP contribution in [-0.2, 0) is 16.0 Å². The summed E-state index contributed by atoms with van der Waals surface area (Å²) in [6.45, 7) is 1.16. The summed E-state index contributed by atoms with van der Waals surface area (Å²) >= 11 is 0. The molecule has 2 heterocycles. The lowest BCUT2D eigenvalue weighted by Gasteiger charge is -2.25. The number of furan rings is 1. The smallest absolute Gasteiger partial charge is 0.223 e. The van der Waals surface area contributed by atoms with Crippen molar-refractivity contribution in [3.05, 3.63) is 24.2 Å². The fraction of sp³-hybridized carbons (Fsp3) is 0.500. The zero-order valence-electron chi connectivity index (χ0n) is 9.15. The number of ketones is 1. The number of piperidine rings is 1. The molecule has 4 heteroatoms. The van der Waals surface area contributed by atoms with Gasteiger partial charge in [-0.15, -0.1) is 0 Å². The Bertz CT molecular complexity index is 360. The maximum Gasteiger partial charge on any atom is 0.223 e. The molecule has 86 valence electrons. The van der Waals surface area contributed by atoms with E-state index in [9.17, 15) is 9.59 Å². The quantitative estimate of drug-likeness (QED) is 0.775. The molecule has 0 N–H and O–H groups in total. The monoisotopic (exact) mass is 221 g/mol. The summed E-state index contributed by atoms with van der Waals surface area (Å²) in [6, 6.07) is 3.69. The van der Waals surface area contributed by atoms with Crippen LogP contribution in [0.2, 0.25) is 0 Å². The summed E-state index contributed by atoms with van der Waals surface area (Å²) < 4.78 is 5.16. The minimum absolute atomic E-state index is 0.115. The van der Waals surface area contributed by atoms with Crippen molar-refractivity contribution < 1.29 is 14.0 Å². The maximum atomic E-state index is 11.8. The Kier molecular flexibility index (Phi) is 3.39. The van der Waals surface area contributed by atoms with Gasteiger partial charge in [-0.25, -0.2) is 0 Å². The average molecular weight is 221 g/mol. The van der Waals surface area contributed by atoms with Crippen LogP contribution in [0, 0.1) is 0 Å². The molecule has 0 aliphatic carbocycles. The van der Waals surface area contributed by atoms with Crippen LogP contribution < -0.4 is 0 Å². The van der Waals surface area contributed by atoms with Gasteiger partial charge in [-0.2, -0.15) is 0 Å². The van der Waals surface area contributed by atoms with Gasteiger partial charge in [0.05, 0.1) is 6.26 Å². The lowest BCUT2D eigenvalue weighted by atomic mass is 10.1. The van der Waals surface area contributed by atoms with Crippen molar-refractivity contribution in [2.45, 2.75) is 25.7 Å². The van der Waals surface area contributed by atoms with Crippen LogP contribution in [0.5, 0.6) is 0 Å². The summed E-state index contributed by atoms with van der Waals surface area (Å²) in [7, 11) is 0. The normalized spacial score (nSPS) is 16.5. The van der Waals surface area contributed by atoms with Gasteiger partial charge in [-0.1, -0.05) is 0 Å². The maximum absolute atomic E-state index is 11.8. The van der Waals surface area contributed by atoms with Crippen LogP contribution in [0.15, 0.2) is 22.8 Å². The second kappa shape index (κ2) is 4.96. The Labute approximate surface area is 94.2 Å². The zero-order valence-corrected chi connectivity index (χ0v) is 9.15. The third-order valence-corrected chi connectivity index (χ3v) is 2.84. The van der Waals surface area contributed by atoms with Crippen molar-refractivity contribution in [2.24, 2.45) is 0 Å². The molecule has 0 radical (unpaired) electrons. The summed E-state index contributed by atoms with van der Waals surface area (Å²) in [5.74, 6) is 1.21. The molecular weight excluding hydrogens is 206 g/mol. The molecular formula is C12H15NO3. The van der Waals surface area contributed by atoms with Gasteiger partial charge < -0.3 is 9.32 Å². The number of carbonyl (C=O) groups is 2. The molecule has 4 nitrogen and oxygen atoms in total. The van der Waals surface area contributed by atoms with Crippen molar-refractivity contribution in [1.82, 2.24) is 4.90 Å². The number of hydrogen-bond acceptors (Lipinski definition) is 3. The fourth-order valence-electron chi connectivity index (χ4n) is 1.85. The van der Waals surface area contributed by atoms with Crippen molar-refractivity contribution in [3.8, 4) is 0 Å². The Morgan fingerprint density at radius 1 is 1.38 bits per heavy atom. The molecule has 0 bridgehead atoms. The predicted octanol–water partition coefficient (Wildman–Crippen LogP) is 1.40. The average Bonchev–Trinajstić information content (AvgIpc) is 2.80. The van der Waals surface area contributed by atoms with Gasteiger partial charge in [0.2, 0.25) is 5.91 Å². The highest BCUT2D eigenvalue weighted by Crippen LogP contribution is 2.10. The standard InChI is InChI=1S/C12H15NO3/c14-10-5-7-13(8-6-10)12(15)4-3-11-2-1-9-16-11/h1-2,9H,3-8H2. The summed E-state index contributed by atoms with van der Waals surface area (Å²) in [5, 5.41) is 0. The fourth-order valence-corrected chi connectivity index (χ4v) is 1.85. The molecule has 0 atom stereocenters. The van der Waals surface area contributed by atoms with Crippen molar-refractivity contribution >= 4 is 11.7 Å². The number of rotatable bonds is 3. The van der Waals surface area contributed by atoms with E-state index in [-0.39, 0.29) is 11.7 Å². The number of aryl methyl sites for hydroxylation is 1. The highest BCUT2D eigenvalue weighted by molar-refractivity contribution is 5.83. The van der Waals surface area contributed by atoms with Crippen LogP contribution in [0.25, 0.3) is 0 Å². The highest BCUT2D eigenvalue weighted by Gasteiger charge is 2.20. The lowest BCUT2D eigenvalue weighted by molar-refractivity contribution is -0.134. The van der Waals surface area contributed by atoms with Gasteiger partial charge in [0.25, 0.3) is 0 Å². The Morgan fingerprint density at radius 3 is 2.75 bits per heavy atom. The molecule has 1 aliphatic heterocycles. The van der Waals surface area contributed by atoms with E-state index in [0.29, 0.717) is 38.8 Å². The van der Waals surface area contributed by atoms with Crippen molar-refractivity contribution in [2.75, 3.05) is 13.1 Å². The van der Waals surface area contributed by atoms with Crippen molar-refractivity contribution in [3.63, 3.8) is 0 Å². The SMILES string of the molecule is O=C1CCN(C(=O)CCc2ccco2)CC1. The van der Waals surface area contributed by atoms with Gasteiger partial charge in [0, 0.05) is 38.8 Å². The second-order valence-corrected chi connectivity index (χ2v) is 4.00. The first kappa shape index (κ1) is 10.9. The van der Waals surface area contributed by atoms with E-state index in [0.717, 1.165) is 5.76 Å². The highest BCUT2D eigenvalue weighted by atomic mass is 16.3. The van der Waals surface area contributed by atoms with Gasteiger partial charge in [-0.05, 0) is 12.1 Å². The Balaban J connectivity index is 1.77. The molecule has 0 saturated carbocycles. The molecule has 16 heavy (non-hydrogen) atoms. The van der Waals surface area contributed by atoms with E-state index in [2.05, 4.69) is 0 Å². The van der Waals surface area contributed by atoms with E-state index in [1.807, 2.05) is 12.1 Å². The van der Waals surface area contributed by atoms with E-state index < -0.39 is 0 Å². The molecule has 0 aromatic carbocycles. The summed E-state index contributed by atoms with van der Waals surface area (Å²) in [4.78, 5) is 24.6. The molecule has 1 aliphatic rings. The molecule has 1 saturated heterocycles. The predicted molar refractivity (Wildman–Crippen MR) is 57.9 cm³/mol. The minimum atomic E-state index is 0.115. The largest absolute Gasteiger partial charge is 0.469 e. The summed E-state index contributed by atoms with van der Waals surface area (Å²) in [6.07, 6.45) is 3.72. The van der Waals surface area contributed by atoms with Gasteiger partial charge in [-0.3, -0.25) is 9.59 Å². The molecule has 1 amide bonds. The van der Waals surface area contributed by atoms with Crippen molar-refractivity contribution in [1.29, 1.82) is 0 Å². The van der Waals surface area contributed by atoms with E-state index in [1.54, 1.807) is 11.2 Å². The van der Waals surface area contributed by atoms with Crippen LogP contribution in [-0.4, -0.2) is 29.7 Å². The summed E-state index contributed by atoms with van der Waals surface area (Å²) in [5.41, 5.74) is 0. The van der Waals surface area contributed by atoms with Crippen LogP contribution >= 0.6 is 0 Å². The van der Waals surface area contributed by atoms with Crippen LogP contribution in [0.3, 0.4) is 0 Å². The van der Waals surface area contributed by atoms with E-state index in [4.69, 9.17) is 4.42 Å². The molecule has 1 fully saturated rings. The van der Waals surface area contributed by atoms with E-state index in [1.165, 1.54) is 0 Å². The third kappa shape index (κ3) is 2.72. The first-order valence-corrected chi connectivity index (χ1v) is 5.57. The Hall–Kier alpha value is -1.58. The minimum Gasteiger partial charge on any atom is -0.469 e. The number of hydrogen-bond donors (Lipinski definition) is 0. The van der Waals surface area contributed by atoms with Gasteiger partial charge >= 0.3 is 0 Å². The molecule has 2 rings (SSSR count). The topological polar surface area (TPSA) is 50.5 Å². The van der Waals surface area contributed by atoms with Gasteiger partial charge in [0.1, 0.15) is 11.5 Å². The number of Topliss-reactive ketones (excluding diaryl/α,β-unsaturated/α-hetero) is 1. The third-order valence-electron chi connectivity index (χ3n) is 2.84. The van der Waals surface area contributed by atoms with Crippen LogP contribution in [0.1, 0.15) is 25.0 Å². The number of nitrogens with zero attached hydrogens (tertiary/aromatic N) is 1.